The highest BCUT2D eigenvalue weighted by atomic mass is 16.1. The van der Waals surface area contributed by atoms with Crippen molar-refractivity contribution in [3.8, 4) is 0 Å². The maximum Gasteiger partial charge on any atom is 0.220 e. The molecule has 0 bridgehead atoms. The number of aromatic nitrogens is 2. The van der Waals surface area contributed by atoms with E-state index in [-0.39, 0.29) is 11.9 Å². The monoisotopic (exact) mass is 305 g/mol. The first-order chi connectivity index (χ1) is 10.6. The lowest BCUT2D eigenvalue weighted by Crippen LogP contribution is -2.58. The molecule has 0 aliphatic carbocycles. The highest BCUT2D eigenvalue weighted by Crippen LogP contribution is 2.24. The van der Waals surface area contributed by atoms with E-state index < -0.39 is 0 Å². The van der Waals surface area contributed by atoms with Crippen LogP contribution in [0.2, 0.25) is 0 Å². The number of hydrogen-bond donors (Lipinski definition) is 3. The number of amides is 1. The average molecular weight is 305 g/mol. The van der Waals surface area contributed by atoms with E-state index in [0.717, 1.165) is 44.6 Å². The molecular formula is C16H27N5O. The first-order valence-electron chi connectivity index (χ1n) is 8.36. The number of carbonyl (C=O) groups excluding carboxylic acids is 1. The lowest BCUT2D eigenvalue weighted by Gasteiger charge is -2.39. The summed E-state index contributed by atoms with van der Waals surface area (Å²) in [5.74, 6) is 0.781. The molecule has 122 valence electrons. The summed E-state index contributed by atoms with van der Waals surface area (Å²) in [4.78, 5) is 11.8. The predicted octanol–water partition coefficient (Wildman–Crippen LogP) is 0.465. The minimum Gasteiger partial charge on any atom is -0.352 e. The van der Waals surface area contributed by atoms with Gasteiger partial charge in [-0.3, -0.25) is 9.48 Å². The van der Waals surface area contributed by atoms with Crippen molar-refractivity contribution < 1.29 is 4.79 Å². The van der Waals surface area contributed by atoms with Crippen LogP contribution in [0.3, 0.4) is 0 Å². The molecule has 1 aromatic heterocycles. The first kappa shape index (κ1) is 15.5. The second-order valence-electron chi connectivity index (χ2n) is 6.64. The molecule has 3 rings (SSSR count). The van der Waals surface area contributed by atoms with Crippen molar-refractivity contribution in [2.24, 2.45) is 13.0 Å². The van der Waals surface area contributed by atoms with E-state index in [1.165, 1.54) is 5.56 Å². The first-order valence-corrected chi connectivity index (χ1v) is 8.36. The Bertz CT molecular complexity index is 521. The molecule has 6 nitrogen and oxygen atoms in total. The number of nitrogens with zero attached hydrogens (tertiary/aromatic N) is 2. The van der Waals surface area contributed by atoms with Crippen LogP contribution in [0.4, 0.5) is 0 Å². The highest BCUT2D eigenvalue weighted by Gasteiger charge is 2.34. The van der Waals surface area contributed by atoms with Crippen LogP contribution >= 0.6 is 0 Å². The largest absolute Gasteiger partial charge is 0.352 e. The third-order valence-electron chi connectivity index (χ3n) is 4.98. The van der Waals surface area contributed by atoms with Crippen molar-refractivity contribution in [3.05, 3.63) is 17.5 Å². The van der Waals surface area contributed by atoms with Crippen LogP contribution in [0.25, 0.3) is 0 Å². The molecule has 2 atom stereocenters. The van der Waals surface area contributed by atoms with Crippen LogP contribution in [0.1, 0.15) is 36.9 Å². The molecule has 3 N–H and O–H groups in total. The van der Waals surface area contributed by atoms with Gasteiger partial charge in [0.05, 0.1) is 5.69 Å². The van der Waals surface area contributed by atoms with Gasteiger partial charge >= 0.3 is 0 Å². The Morgan fingerprint density at radius 3 is 2.82 bits per heavy atom. The summed E-state index contributed by atoms with van der Waals surface area (Å²) in [6, 6.07) is 0.606. The van der Waals surface area contributed by atoms with Crippen molar-refractivity contribution in [3.63, 3.8) is 0 Å². The third kappa shape index (κ3) is 3.50. The fraction of sp³-hybridized carbons (Fsp3) is 0.750. The maximum atomic E-state index is 11.8. The number of nitrogens with one attached hydrogen (secondary N) is 3. The van der Waals surface area contributed by atoms with Gasteiger partial charge in [-0.05, 0) is 50.8 Å². The zero-order chi connectivity index (χ0) is 15.5. The Labute approximate surface area is 132 Å². The molecular weight excluding hydrogens is 278 g/mol. The van der Waals surface area contributed by atoms with E-state index in [2.05, 4.69) is 28.0 Å². The summed E-state index contributed by atoms with van der Waals surface area (Å²) in [5, 5.41) is 14.8. The van der Waals surface area contributed by atoms with E-state index in [4.69, 9.17) is 0 Å². The standard InChI is InChI=1S/C16H27N5O/c1-11-10-21(2)20-14(11)9-18-13-3-4-15(22)19-16(13)12-5-7-17-8-6-12/h10,12-13,16-18H,3-9H2,1-2H3,(H,19,22)/t13-,16+/m1/s1. The smallest absolute Gasteiger partial charge is 0.220 e. The predicted molar refractivity (Wildman–Crippen MR) is 85.3 cm³/mol. The summed E-state index contributed by atoms with van der Waals surface area (Å²) >= 11 is 0. The molecule has 22 heavy (non-hydrogen) atoms. The highest BCUT2D eigenvalue weighted by molar-refractivity contribution is 5.77. The van der Waals surface area contributed by atoms with Crippen molar-refractivity contribution in [1.82, 2.24) is 25.7 Å². The van der Waals surface area contributed by atoms with Crippen LogP contribution in [0.5, 0.6) is 0 Å². The Balaban J connectivity index is 1.64. The SMILES string of the molecule is Cc1cn(C)nc1CN[C@@H]1CCC(=O)N[C@H]1C1CCNCC1. The van der Waals surface area contributed by atoms with Gasteiger partial charge in [0.15, 0.2) is 0 Å². The van der Waals surface area contributed by atoms with Gasteiger partial charge in [-0.2, -0.15) is 5.10 Å². The Kier molecular flexibility index (Phi) is 4.78. The normalized spacial score (nSPS) is 26.9. The number of piperidine rings is 2. The molecule has 2 saturated heterocycles. The number of carbonyl (C=O) groups is 1. The molecule has 0 aromatic carbocycles. The van der Waals surface area contributed by atoms with Crippen LogP contribution in [-0.2, 0) is 18.4 Å². The van der Waals surface area contributed by atoms with Crippen LogP contribution in [0.15, 0.2) is 6.20 Å². The zero-order valence-electron chi connectivity index (χ0n) is 13.6. The van der Waals surface area contributed by atoms with Crippen molar-refractivity contribution in [2.75, 3.05) is 13.1 Å². The second kappa shape index (κ2) is 6.79. The molecule has 1 amide bonds. The maximum absolute atomic E-state index is 11.8. The molecule has 2 aliphatic heterocycles. The third-order valence-corrected chi connectivity index (χ3v) is 4.98. The summed E-state index contributed by atoms with van der Waals surface area (Å²) < 4.78 is 1.86. The molecule has 2 fully saturated rings. The summed E-state index contributed by atoms with van der Waals surface area (Å²) in [6.07, 6.45) is 5.88. The van der Waals surface area contributed by atoms with Gasteiger partial charge in [0.25, 0.3) is 0 Å². The Morgan fingerprint density at radius 2 is 2.14 bits per heavy atom. The van der Waals surface area contributed by atoms with Gasteiger partial charge in [0.2, 0.25) is 5.91 Å². The molecule has 0 unspecified atom stereocenters. The molecule has 0 saturated carbocycles. The molecule has 3 heterocycles. The van der Waals surface area contributed by atoms with Crippen LogP contribution in [0, 0.1) is 12.8 Å². The lowest BCUT2D eigenvalue weighted by atomic mass is 9.82. The summed E-state index contributed by atoms with van der Waals surface area (Å²) in [7, 11) is 1.95. The second-order valence-corrected chi connectivity index (χ2v) is 6.64. The fourth-order valence-corrected chi connectivity index (χ4v) is 3.76. The van der Waals surface area contributed by atoms with Crippen molar-refractivity contribution >= 4 is 5.91 Å². The minimum absolute atomic E-state index is 0.204. The van der Waals surface area contributed by atoms with Gasteiger partial charge in [-0.25, -0.2) is 0 Å². The topological polar surface area (TPSA) is 71.0 Å². The minimum atomic E-state index is 0.204. The number of aryl methyl sites for hydroxylation is 2. The molecule has 6 heteroatoms. The van der Waals surface area contributed by atoms with Crippen LogP contribution < -0.4 is 16.0 Å². The van der Waals surface area contributed by atoms with E-state index in [1.54, 1.807) is 0 Å². The summed E-state index contributed by atoms with van der Waals surface area (Å²) in [6.45, 7) is 4.98. The van der Waals surface area contributed by atoms with Gasteiger partial charge in [0, 0.05) is 38.3 Å². The molecule has 2 aliphatic rings. The van der Waals surface area contributed by atoms with E-state index in [0.29, 0.717) is 18.4 Å². The Hall–Kier alpha value is -1.40. The van der Waals surface area contributed by atoms with E-state index >= 15 is 0 Å². The molecule has 0 radical (unpaired) electrons. The summed E-state index contributed by atoms with van der Waals surface area (Å²) in [5.41, 5.74) is 2.32. The van der Waals surface area contributed by atoms with Gasteiger partial charge < -0.3 is 16.0 Å². The van der Waals surface area contributed by atoms with Gasteiger partial charge in [0.1, 0.15) is 0 Å². The van der Waals surface area contributed by atoms with E-state index in [1.807, 2.05) is 17.9 Å². The fourth-order valence-electron chi connectivity index (χ4n) is 3.76. The Morgan fingerprint density at radius 1 is 1.36 bits per heavy atom. The number of hydrogen-bond acceptors (Lipinski definition) is 4. The number of rotatable bonds is 4. The molecule has 0 spiro atoms. The average Bonchev–Trinajstić information content (AvgIpc) is 2.84. The lowest BCUT2D eigenvalue weighted by molar-refractivity contribution is -0.124. The van der Waals surface area contributed by atoms with Crippen LogP contribution in [-0.4, -0.2) is 40.9 Å². The quantitative estimate of drug-likeness (QED) is 0.756. The zero-order valence-corrected chi connectivity index (χ0v) is 13.6. The molecule has 1 aromatic rings. The van der Waals surface area contributed by atoms with Gasteiger partial charge in [-0.15, -0.1) is 0 Å². The van der Waals surface area contributed by atoms with Crippen molar-refractivity contribution in [2.45, 2.75) is 51.2 Å². The van der Waals surface area contributed by atoms with Crippen molar-refractivity contribution in [1.29, 1.82) is 0 Å². The van der Waals surface area contributed by atoms with Gasteiger partial charge in [-0.1, -0.05) is 0 Å². The van der Waals surface area contributed by atoms with E-state index in [9.17, 15) is 4.79 Å².